The first kappa shape index (κ1) is 14.7. The minimum absolute atomic E-state index is 0.0458. The molecule has 0 radical (unpaired) electrons. The normalized spacial score (nSPS) is 14.2. The zero-order valence-corrected chi connectivity index (χ0v) is 11.5. The van der Waals surface area contributed by atoms with Crippen LogP contribution < -0.4 is 11.1 Å². The Morgan fingerprint density at radius 2 is 2.33 bits per heavy atom. The van der Waals surface area contributed by atoms with Crippen LogP contribution in [0, 0.1) is 5.92 Å². The summed E-state index contributed by atoms with van der Waals surface area (Å²) in [6.07, 6.45) is 6.60. The van der Waals surface area contributed by atoms with Crippen LogP contribution in [-0.2, 0) is 18.3 Å². The predicted octanol–water partition coefficient (Wildman–Crippen LogP) is 0.842. The number of rotatable bonds is 7. The lowest BCUT2D eigenvalue weighted by Gasteiger charge is -2.17. The SMILES string of the molecule is CC[C@H](C)[C@H](N)C(=O)NCCCc1cnn(C)c1. The highest BCUT2D eigenvalue weighted by atomic mass is 16.2. The van der Waals surface area contributed by atoms with Gasteiger partial charge in [0.25, 0.3) is 0 Å². The number of aromatic nitrogens is 2. The number of carbonyl (C=O) groups excluding carboxylic acids is 1. The molecule has 0 bridgehead atoms. The van der Waals surface area contributed by atoms with E-state index in [1.807, 2.05) is 33.3 Å². The van der Waals surface area contributed by atoms with Crippen LogP contribution in [0.4, 0.5) is 0 Å². The van der Waals surface area contributed by atoms with E-state index in [1.54, 1.807) is 4.68 Å². The van der Waals surface area contributed by atoms with Crippen molar-refractivity contribution >= 4 is 5.91 Å². The van der Waals surface area contributed by atoms with Crippen LogP contribution in [0.25, 0.3) is 0 Å². The average Bonchev–Trinajstić information content (AvgIpc) is 2.78. The van der Waals surface area contributed by atoms with Crippen molar-refractivity contribution in [1.29, 1.82) is 0 Å². The van der Waals surface area contributed by atoms with Crippen molar-refractivity contribution in [2.75, 3.05) is 6.54 Å². The highest BCUT2D eigenvalue weighted by molar-refractivity contribution is 5.81. The van der Waals surface area contributed by atoms with E-state index < -0.39 is 6.04 Å². The summed E-state index contributed by atoms with van der Waals surface area (Å²) in [6.45, 7) is 4.71. The number of hydrogen-bond donors (Lipinski definition) is 2. The smallest absolute Gasteiger partial charge is 0.237 e. The number of nitrogens with zero attached hydrogens (tertiary/aromatic N) is 2. The van der Waals surface area contributed by atoms with Crippen LogP contribution in [0.3, 0.4) is 0 Å². The number of amides is 1. The Kier molecular flexibility index (Phi) is 5.85. The summed E-state index contributed by atoms with van der Waals surface area (Å²) < 4.78 is 1.78. The molecule has 0 aliphatic carbocycles. The number of nitrogens with one attached hydrogen (secondary N) is 1. The van der Waals surface area contributed by atoms with E-state index in [0.29, 0.717) is 6.54 Å². The number of carbonyl (C=O) groups is 1. The van der Waals surface area contributed by atoms with Crippen molar-refractivity contribution in [2.45, 2.75) is 39.2 Å². The Labute approximate surface area is 109 Å². The molecule has 1 aromatic heterocycles. The summed E-state index contributed by atoms with van der Waals surface area (Å²) in [5.74, 6) is 0.180. The molecule has 5 nitrogen and oxygen atoms in total. The van der Waals surface area contributed by atoms with Crippen LogP contribution in [0.5, 0.6) is 0 Å². The van der Waals surface area contributed by atoms with Gasteiger partial charge in [0.15, 0.2) is 0 Å². The van der Waals surface area contributed by atoms with Gasteiger partial charge in [0, 0.05) is 19.8 Å². The number of hydrogen-bond acceptors (Lipinski definition) is 3. The fourth-order valence-electron chi connectivity index (χ4n) is 1.74. The Bertz CT molecular complexity index is 375. The highest BCUT2D eigenvalue weighted by Gasteiger charge is 2.18. The first-order valence-corrected chi connectivity index (χ1v) is 6.55. The van der Waals surface area contributed by atoms with Crippen molar-refractivity contribution in [1.82, 2.24) is 15.1 Å². The monoisotopic (exact) mass is 252 g/mol. The third-order valence-corrected chi connectivity index (χ3v) is 3.26. The lowest BCUT2D eigenvalue weighted by molar-refractivity contribution is -0.123. The van der Waals surface area contributed by atoms with Gasteiger partial charge in [-0.15, -0.1) is 0 Å². The molecule has 0 aromatic carbocycles. The van der Waals surface area contributed by atoms with Crippen molar-refractivity contribution < 1.29 is 4.79 Å². The molecule has 1 amide bonds. The fourth-order valence-corrected chi connectivity index (χ4v) is 1.74. The second kappa shape index (κ2) is 7.16. The van der Waals surface area contributed by atoms with E-state index in [2.05, 4.69) is 10.4 Å². The van der Waals surface area contributed by atoms with Gasteiger partial charge in [0.2, 0.25) is 5.91 Å². The van der Waals surface area contributed by atoms with E-state index in [9.17, 15) is 4.79 Å². The summed E-state index contributed by atoms with van der Waals surface area (Å²) in [5.41, 5.74) is 7.04. The van der Waals surface area contributed by atoms with Crippen LogP contribution in [-0.4, -0.2) is 28.3 Å². The summed E-state index contributed by atoms with van der Waals surface area (Å²) in [5, 5.41) is 6.99. The third-order valence-electron chi connectivity index (χ3n) is 3.26. The van der Waals surface area contributed by atoms with E-state index in [1.165, 1.54) is 5.56 Å². The van der Waals surface area contributed by atoms with Gasteiger partial charge in [-0.2, -0.15) is 5.10 Å². The fraction of sp³-hybridized carbons (Fsp3) is 0.692. The molecule has 0 aliphatic heterocycles. The molecule has 0 fully saturated rings. The predicted molar refractivity (Wildman–Crippen MR) is 72.0 cm³/mol. The van der Waals surface area contributed by atoms with Crippen molar-refractivity contribution in [2.24, 2.45) is 18.7 Å². The van der Waals surface area contributed by atoms with Crippen molar-refractivity contribution in [3.05, 3.63) is 18.0 Å². The largest absolute Gasteiger partial charge is 0.355 e. The maximum absolute atomic E-state index is 11.7. The van der Waals surface area contributed by atoms with Gasteiger partial charge in [-0.3, -0.25) is 9.48 Å². The lowest BCUT2D eigenvalue weighted by Crippen LogP contribution is -2.44. The lowest BCUT2D eigenvalue weighted by atomic mass is 9.99. The molecule has 1 aromatic rings. The minimum atomic E-state index is -0.395. The zero-order chi connectivity index (χ0) is 13.5. The topological polar surface area (TPSA) is 72.9 Å². The molecule has 2 atom stereocenters. The molecule has 18 heavy (non-hydrogen) atoms. The summed E-state index contributed by atoms with van der Waals surface area (Å²) in [7, 11) is 1.90. The zero-order valence-electron chi connectivity index (χ0n) is 11.5. The van der Waals surface area contributed by atoms with Crippen molar-refractivity contribution in [3.8, 4) is 0 Å². The summed E-state index contributed by atoms with van der Waals surface area (Å²) >= 11 is 0. The van der Waals surface area contributed by atoms with E-state index >= 15 is 0 Å². The standard InChI is InChI=1S/C13H24N4O/c1-4-10(2)12(14)13(18)15-7-5-6-11-8-16-17(3)9-11/h8-10,12H,4-7,14H2,1-3H3,(H,15,18)/t10-,12-/m0/s1. The molecule has 5 heteroatoms. The second-order valence-corrected chi connectivity index (χ2v) is 4.83. The van der Waals surface area contributed by atoms with E-state index in [4.69, 9.17) is 5.73 Å². The minimum Gasteiger partial charge on any atom is -0.355 e. The molecule has 102 valence electrons. The molecule has 1 heterocycles. The van der Waals surface area contributed by atoms with Gasteiger partial charge < -0.3 is 11.1 Å². The number of aryl methyl sites for hydroxylation is 2. The molecule has 0 aliphatic rings. The second-order valence-electron chi connectivity index (χ2n) is 4.83. The summed E-state index contributed by atoms with van der Waals surface area (Å²) in [4.78, 5) is 11.7. The van der Waals surface area contributed by atoms with Gasteiger partial charge in [-0.05, 0) is 24.3 Å². The highest BCUT2D eigenvalue weighted by Crippen LogP contribution is 2.05. The van der Waals surface area contributed by atoms with E-state index in [-0.39, 0.29) is 11.8 Å². The molecule has 3 N–H and O–H groups in total. The quantitative estimate of drug-likeness (QED) is 0.706. The first-order valence-electron chi connectivity index (χ1n) is 6.55. The van der Waals surface area contributed by atoms with Gasteiger partial charge in [-0.25, -0.2) is 0 Å². The summed E-state index contributed by atoms with van der Waals surface area (Å²) in [6, 6.07) is -0.395. The van der Waals surface area contributed by atoms with Crippen LogP contribution >= 0.6 is 0 Å². The molecule has 0 saturated heterocycles. The van der Waals surface area contributed by atoms with Gasteiger partial charge in [0.1, 0.15) is 0 Å². The third kappa shape index (κ3) is 4.49. The molecule has 0 unspecified atom stereocenters. The maximum atomic E-state index is 11.7. The van der Waals surface area contributed by atoms with Gasteiger partial charge >= 0.3 is 0 Å². The molecular formula is C13H24N4O. The Hall–Kier alpha value is -1.36. The van der Waals surface area contributed by atoms with Crippen LogP contribution in [0.2, 0.25) is 0 Å². The molecule has 0 saturated carbocycles. The van der Waals surface area contributed by atoms with E-state index in [0.717, 1.165) is 19.3 Å². The molecule has 0 spiro atoms. The average molecular weight is 252 g/mol. The van der Waals surface area contributed by atoms with Crippen LogP contribution in [0.15, 0.2) is 12.4 Å². The number of nitrogens with two attached hydrogens (primary N) is 1. The van der Waals surface area contributed by atoms with Crippen LogP contribution in [0.1, 0.15) is 32.3 Å². The van der Waals surface area contributed by atoms with Crippen molar-refractivity contribution in [3.63, 3.8) is 0 Å². The Balaban J connectivity index is 2.19. The Morgan fingerprint density at radius 3 is 2.89 bits per heavy atom. The van der Waals surface area contributed by atoms with Gasteiger partial charge in [0.05, 0.1) is 12.2 Å². The maximum Gasteiger partial charge on any atom is 0.237 e. The van der Waals surface area contributed by atoms with Gasteiger partial charge in [-0.1, -0.05) is 20.3 Å². The molecular weight excluding hydrogens is 228 g/mol. The first-order chi connectivity index (χ1) is 8.54. The Morgan fingerprint density at radius 1 is 1.61 bits per heavy atom. The molecule has 1 rings (SSSR count).